The van der Waals surface area contributed by atoms with Crippen molar-refractivity contribution >= 4 is 29.1 Å². The van der Waals surface area contributed by atoms with Crippen LogP contribution in [0.15, 0.2) is 18.2 Å². The van der Waals surface area contributed by atoms with Gasteiger partial charge in [-0.05, 0) is 44.4 Å². The number of nitrogens with two attached hydrogens (primary N) is 1. The van der Waals surface area contributed by atoms with Crippen molar-refractivity contribution in [3.63, 3.8) is 0 Å². The van der Waals surface area contributed by atoms with E-state index in [1.54, 1.807) is 6.07 Å². The van der Waals surface area contributed by atoms with Crippen LogP contribution in [0.3, 0.4) is 0 Å². The minimum Gasteiger partial charge on any atom is -0.332 e. The van der Waals surface area contributed by atoms with Crippen LogP contribution in [0.2, 0.25) is 10.0 Å². The Morgan fingerprint density at radius 3 is 2.60 bits per heavy atom. The molecule has 0 aromatic heterocycles. The second kappa shape index (κ2) is 6.33. The number of likely N-dealkylation sites (tertiary alicyclic amines) is 1. The van der Waals surface area contributed by atoms with E-state index >= 15 is 0 Å². The first-order chi connectivity index (χ1) is 9.41. The highest BCUT2D eigenvalue weighted by Gasteiger charge is 2.34. The molecule has 0 radical (unpaired) electrons. The fourth-order valence-corrected chi connectivity index (χ4v) is 3.16. The minimum atomic E-state index is -0.139. The highest BCUT2D eigenvalue weighted by atomic mass is 35.5. The number of rotatable bonds is 2. The molecule has 1 fully saturated rings. The first kappa shape index (κ1) is 15.6. The van der Waals surface area contributed by atoms with Crippen LogP contribution in [0, 0.1) is 0 Å². The number of nitrogens with zero attached hydrogens (tertiary/aromatic N) is 1. The molecule has 2 rings (SSSR count). The summed E-state index contributed by atoms with van der Waals surface area (Å²) in [6.07, 6.45) is 2.23. The maximum Gasteiger partial charge on any atom is 0.223 e. The number of carbonyl (C=O) groups is 1. The summed E-state index contributed by atoms with van der Waals surface area (Å²) in [6, 6.07) is 5.38. The highest BCUT2D eigenvalue weighted by Crippen LogP contribution is 2.34. The Morgan fingerprint density at radius 2 is 2.00 bits per heavy atom. The second-order valence-electron chi connectivity index (χ2n) is 5.57. The molecule has 110 valence electrons. The maximum atomic E-state index is 12.3. The van der Waals surface area contributed by atoms with Crippen LogP contribution < -0.4 is 5.73 Å². The molecule has 3 nitrogen and oxygen atoms in total. The smallest absolute Gasteiger partial charge is 0.223 e. The third kappa shape index (κ3) is 3.11. The van der Waals surface area contributed by atoms with E-state index in [0.717, 1.165) is 18.4 Å². The summed E-state index contributed by atoms with van der Waals surface area (Å²) in [5.41, 5.74) is 7.27. The molecule has 0 spiro atoms. The molecule has 0 aliphatic carbocycles. The van der Waals surface area contributed by atoms with Crippen molar-refractivity contribution in [2.24, 2.45) is 5.73 Å². The van der Waals surface area contributed by atoms with E-state index in [1.807, 2.05) is 30.9 Å². The van der Waals surface area contributed by atoms with Gasteiger partial charge in [-0.2, -0.15) is 0 Å². The molecule has 1 heterocycles. The molecule has 2 atom stereocenters. The predicted molar refractivity (Wildman–Crippen MR) is 83.0 cm³/mol. The molecule has 2 unspecified atom stereocenters. The molecule has 1 aliphatic rings. The molecule has 1 aromatic rings. The monoisotopic (exact) mass is 314 g/mol. The topological polar surface area (TPSA) is 46.3 Å². The van der Waals surface area contributed by atoms with Gasteiger partial charge in [0.2, 0.25) is 5.91 Å². The van der Waals surface area contributed by atoms with E-state index in [2.05, 4.69) is 0 Å². The number of hydrogen-bond acceptors (Lipinski definition) is 2. The average molecular weight is 315 g/mol. The lowest BCUT2D eigenvalue weighted by atomic mass is 9.95. The standard InChI is InChI=1S/C15H20Cl2N2O/c1-9(2)19-14(20)5-3-4-13(18)15(19)10-6-7-11(16)12(17)8-10/h6-9,13,15H,3-5,18H2,1-2H3. The normalized spacial score (nSPS) is 24.1. The number of halogens is 2. The molecule has 2 N–H and O–H groups in total. The van der Waals surface area contributed by atoms with Gasteiger partial charge in [0.1, 0.15) is 0 Å². The second-order valence-corrected chi connectivity index (χ2v) is 6.38. The SMILES string of the molecule is CC(C)N1C(=O)CCCC(N)C1c1ccc(Cl)c(Cl)c1. The number of carbonyl (C=O) groups excluding carboxylic acids is 1. The van der Waals surface area contributed by atoms with Gasteiger partial charge >= 0.3 is 0 Å². The summed E-state index contributed by atoms with van der Waals surface area (Å²) in [5, 5.41) is 1.01. The van der Waals surface area contributed by atoms with E-state index in [4.69, 9.17) is 28.9 Å². The van der Waals surface area contributed by atoms with Crippen LogP contribution in [-0.4, -0.2) is 22.9 Å². The number of hydrogen-bond donors (Lipinski definition) is 1. The lowest BCUT2D eigenvalue weighted by Crippen LogP contribution is -2.45. The molecular formula is C15H20Cl2N2O. The zero-order valence-corrected chi connectivity index (χ0v) is 13.3. The van der Waals surface area contributed by atoms with Crippen molar-refractivity contribution in [3.05, 3.63) is 33.8 Å². The van der Waals surface area contributed by atoms with Crippen LogP contribution in [0.5, 0.6) is 0 Å². The number of benzene rings is 1. The van der Waals surface area contributed by atoms with Gasteiger partial charge < -0.3 is 10.6 Å². The molecule has 1 aliphatic heterocycles. The molecule has 1 saturated heterocycles. The number of amides is 1. The fourth-order valence-electron chi connectivity index (χ4n) is 2.85. The van der Waals surface area contributed by atoms with Crippen LogP contribution in [-0.2, 0) is 4.79 Å². The Bertz CT molecular complexity index is 505. The van der Waals surface area contributed by atoms with Gasteiger partial charge in [0.15, 0.2) is 0 Å². The first-order valence-corrected chi connectivity index (χ1v) is 7.69. The van der Waals surface area contributed by atoms with Crippen molar-refractivity contribution in [2.75, 3.05) is 0 Å². The van der Waals surface area contributed by atoms with Crippen LogP contribution in [0.4, 0.5) is 0 Å². The molecule has 20 heavy (non-hydrogen) atoms. The summed E-state index contributed by atoms with van der Waals surface area (Å²) < 4.78 is 0. The van der Waals surface area contributed by atoms with Crippen molar-refractivity contribution in [1.82, 2.24) is 4.90 Å². The molecule has 1 amide bonds. The van der Waals surface area contributed by atoms with Gasteiger partial charge in [0.05, 0.1) is 16.1 Å². The van der Waals surface area contributed by atoms with Crippen molar-refractivity contribution in [3.8, 4) is 0 Å². The summed E-state index contributed by atoms with van der Waals surface area (Å²) in [5.74, 6) is 0.157. The first-order valence-electron chi connectivity index (χ1n) is 6.93. The van der Waals surface area contributed by atoms with Crippen molar-refractivity contribution in [1.29, 1.82) is 0 Å². The summed E-state index contributed by atoms with van der Waals surface area (Å²) in [7, 11) is 0. The van der Waals surface area contributed by atoms with Gasteiger partial charge in [-0.15, -0.1) is 0 Å². The molecular weight excluding hydrogens is 295 g/mol. The molecule has 0 saturated carbocycles. The van der Waals surface area contributed by atoms with Gasteiger partial charge in [-0.25, -0.2) is 0 Å². The zero-order valence-electron chi connectivity index (χ0n) is 11.8. The quantitative estimate of drug-likeness (QED) is 0.903. The largest absolute Gasteiger partial charge is 0.332 e. The van der Waals surface area contributed by atoms with E-state index in [9.17, 15) is 4.79 Å². The molecule has 1 aromatic carbocycles. The summed E-state index contributed by atoms with van der Waals surface area (Å²) in [4.78, 5) is 14.2. The van der Waals surface area contributed by atoms with Gasteiger partial charge in [-0.1, -0.05) is 29.3 Å². The van der Waals surface area contributed by atoms with E-state index in [1.165, 1.54) is 0 Å². The van der Waals surface area contributed by atoms with Gasteiger partial charge in [-0.3, -0.25) is 4.79 Å². The Kier molecular flexibility index (Phi) is 4.95. The van der Waals surface area contributed by atoms with Gasteiger partial charge in [0, 0.05) is 18.5 Å². The fraction of sp³-hybridized carbons (Fsp3) is 0.533. The lowest BCUT2D eigenvalue weighted by molar-refractivity contribution is -0.135. The summed E-state index contributed by atoms with van der Waals surface area (Å²) >= 11 is 12.1. The Morgan fingerprint density at radius 1 is 1.30 bits per heavy atom. The Hall–Kier alpha value is -0.770. The van der Waals surface area contributed by atoms with E-state index in [-0.39, 0.29) is 24.0 Å². The predicted octanol–water partition coefficient (Wildman–Crippen LogP) is 3.78. The minimum absolute atomic E-state index is 0.0823. The maximum absolute atomic E-state index is 12.3. The Labute approximate surface area is 130 Å². The van der Waals surface area contributed by atoms with E-state index in [0.29, 0.717) is 16.5 Å². The van der Waals surface area contributed by atoms with Gasteiger partial charge in [0.25, 0.3) is 0 Å². The van der Waals surface area contributed by atoms with Crippen LogP contribution in [0.1, 0.15) is 44.7 Å². The molecule has 0 bridgehead atoms. The van der Waals surface area contributed by atoms with E-state index < -0.39 is 0 Å². The van der Waals surface area contributed by atoms with Crippen LogP contribution in [0.25, 0.3) is 0 Å². The lowest BCUT2D eigenvalue weighted by Gasteiger charge is -2.37. The summed E-state index contributed by atoms with van der Waals surface area (Å²) in [6.45, 7) is 4.03. The highest BCUT2D eigenvalue weighted by molar-refractivity contribution is 6.42. The third-order valence-electron chi connectivity index (χ3n) is 3.76. The van der Waals surface area contributed by atoms with Crippen LogP contribution >= 0.6 is 23.2 Å². The third-order valence-corrected chi connectivity index (χ3v) is 4.50. The van der Waals surface area contributed by atoms with Crippen molar-refractivity contribution < 1.29 is 4.79 Å². The average Bonchev–Trinajstić information content (AvgIpc) is 2.52. The zero-order chi connectivity index (χ0) is 14.9. The van der Waals surface area contributed by atoms with Crippen molar-refractivity contribution in [2.45, 2.75) is 51.2 Å². The molecule has 5 heteroatoms. The Balaban J connectivity index is 2.45.